The second-order valence-corrected chi connectivity index (χ2v) is 14.0. The van der Waals surface area contributed by atoms with Gasteiger partial charge < -0.3 is 51.2 Å². The van der Waals surface area contributed by atoms with E-state index in [0.717, 1.165) is 19.3 Å². The van der Waals surface area contributed by atoms with Gasteiger partial charge in [0.15, 0.2) is 6.29 Å². The monoisotopic (exact) mass is 758 g/mol. The summed E-state index contributed by atoms with van der Waals surface area (Å²) in [6.45, 7) is 5.59. The number of hydrogen-bond donors (Lipinski definition) is 7. The van der Waals surface area contributed by atoms with E-state index in [-0.39, 0.29) is 19.3 Å². The smallest absolute Gasteiger partial charge is 0.326 e. The molecule has 0 radical (unpaired) electrons. The number of esters is 1. The zero-order valence-electron chi connectivity index (χ0n) is 32.1. The van der Waals surface area contributed by atoms with Gasteiger partial charge in [0.05, 0.1) is 0 Å². The topological polar surface area (TPSA) is 253 Å². The summed E-state index contributed by atoms with van der Waals surface area (Å²) >= 11 is 0. The molecule has 0 aromatic carbocycles. The minimum absolute atomic E-state index is 0.180. The van der Waals surface area contributed by atoms with Crippen molar-refractivity contribution in [2.75, 3.05) is 6.61 Å². The van der Waals surface area contributed by atoms with E-state index in [1.807, 2.05) is 0 Å². The Bertz CT molecular complexity index is 1130. The lowest BCUT2D eigenvalue weighted by Crippen LogP contribution is -2.66. The van der Waals surface area contributed by atoms with Gasteiger partial charge in [0.2, 0.25) is 23.6 Å². The molecule has 1 saturated heterocycles. The maximum absolute atomic E-state index is 12.9. The molecule has 8 atom stereocenters. The maximum atomic E-state index is 12.9. The van der Waals surface area contributed by atoms with Crippen molar-refractivity contribution in [2.24, 2.45) is 5.73 Å². The van der Waals surface area contributed by atoms with Crippen molar-refractivity contribution in [3.63, 3.8) is 0 Å². The number of hydrogen-bond acceptors (Lipinski definition) is 11. The Kier molecular flexibility index (Phi) is 24.5. The summed E-state index contributed by atoms with van der Waals surface area (Å²) in [6, 6.07) is -3.97. The van der Waals surface area contributed by atoms with Crippen LogP contribution in [-0.2, 0) is 43.0 Å². The highest BCUT2D eigenvalue weighted by atomic mass is 16.6. The fraction of sp³-hybridized carbons (Fsp3) is 0.838. The van der Waals surface area contributed by atoms with Crippen LogP contribution in [0.4, 0.5) is 0 Å². The number of aliphatic hydroxyl groups excluding tert-OH is 2. The van der Waals surface area contributed by atoms with Crippen molar-refractivity contribution in [3.8, 4) is 0 Å². The van der Waals surface area contributed by atoms with Crippen LogP contribution < -0.4 is 21.7 Å². The molecule has 4 amide bonds. The molecule has 8 N–H and O–H groups in total. The Morgan fingerprint density at radius 1 is 0.774 bits per heavy atom. The Hall–Kier alpha value is -3.34. The van der Waals surface area contributed by atoms with Crippen molar-refractivity contribution >= 4 is 35.6 Å². The predicted molar refractivity (Wildman–Crippen MR) is 195 cm³/mol. The number of carboxylic acids is 1. The Balaban J connectivity index is 2.53. The van der Waals surface area contributed by atoms with E-state index >= 15 is 0 Å². The van der Waals surface area contributed by atoms with E-state index in [4.69, 9.17) is 19.9 Å². The fourth-order valence-corrected chi connectivity index (χ4v) is 6.04. The van der Waals surface area contributed by atoms with Crippen LogP contribution in [0.5, 0.6) is 0 Å². The molecule has 0 aromatic rings. The number of ether oxygens (including phenoxy) is 3. The van der Waals surface area contributed by atoms with Crippen LogP contribution in [-0.4, -0.2) is 106 Å². The van der Waals surface area contributed by atoms with Gasteiger partial charge in [-0.15, -0.1) is 0 Å². The van der Waals surface area contributed by atoms with Gasteiger partial charge in [-0.3, -0.25) is 24.0 Å². The Labute approximate surface area is 314 Å². The molecule has 1 unspecified atom stereocenters. The minimum atomic E-state index is -1.69. The fourth-order valence-electron chi connectivity index (χ4n) is 6.04. The molecule has 1 fully saturated rings. The van der Waals surface area contributed by atoms with Crippen LogP contribution in [0.2, 0.25) is 0 Å². The number of unbranched alkanes of at least 4 members (excludes halogenated alkanes) is 14. The molecule has 306 valence electrons. The second-order valence-electron chi connectivity index (χ2n) is 14.0. The molecule has 0 aromatic heterocycles. The van der Waals surface area contributed by atoms with Crippen molar-refractivity contribution in [3.05, 3.63) is 0 Å². The number of primary amides is 1. The largest absolute Gasteiger partial charge is 0.480 e. The third kappa shape index (κ3) is 20.6. The number of carbonyl (C=O) groups is 6. The summed E-state index contributed by atoms with van der Waals surface area (Å²) in [4.78, 5) is 72.3. The first-order chi connectivity index (χ1) is 25.2. The lowest BCUT2D eigenvalue weighted by atomic mass is 9.96. The van der Waals surface area contributed by atoms with Crippen molar-refractivity contribution in [1.29, 1.82) is 0 Å². The maximum Gasteiger partial charge on any atom is 0.326 e. The van der Waals surface area contributed by atoms with E-state index < -0.39 is 91.0 Å². The van der Waals surface area contributed by atoms with E-state index in [2.05, 4.69) is 22.9 Å². The first-order valence-electron chi connectivity index (χ1n) is 19.4. The Morgan fingerprint density at radius 2 is 1.30 bits per heavy atom. The van der Waals surface area contributed by atoms with E-state index in [9.17, 15) is 44.1 Å². The molecule has 1 aliphatic heterocycles. The van der Waals surface area contributed by atoms with Crippen molar-refractivity contribution < 1.29 is 58.3 Å². The molecule has 53 heavy (non-hydrogen) atoms. The Morgan fingerprint density at radius 3 is 1.79 bits per heavy atom. The van der Waals surface area contributed by atoms with Gasteiger partial charge >= 0.3 is 11.9 Å². The lowest BCUT2D eigenvalue weighted by Gasteiger charge is -2.43. The van der Waals surface area contributed by atoms with Crippen LogP contribution in [0.3, 0.4) is 0 Å². The number of rotatable bonds is 29. The minimum Gasteiger partial charge on any atom is -0.480 e. The zero-order chi connectivity index (χ0) is 39.8. The molecule has 0 saturated carbocycles. The molecule has 0 spiro atoms. The van der Waals surface area contributed by atoms with Gasteiger partial charge in [0, 0.05) is 19.8 Å². The number of amides is 4. The molecular weight excluding hydrogens is 692 g/mol. The van der Waals surface area contributed by atoms with Gasteiger partial charge in [-0.05, 0) is 26.7 Å². The summed E-state index contributed by atoms with van der Waals surface area (Å²) in [5, 5.41) is 38.1. The standard InChI is InChI=1S/C37H66N4O12/c1-5-6-7-8-9-10-11-12-13-14-15-16-17-18-19-20-30(44)51-23-28-32(45)33(31(37(50)53-28)40-26(4)42)52-25(3)35(47)39-24(2)34(46)41-27(36(48)49)21-22-29(38)43/h24-25,27-28,31-33,37,45,50H,5-23H2,1-4H3,(H2,38,43)(H,39,47)(H,40,42)(H,41,46)(H,48,49)/t24-,25+,27+,28+,31+,32+,33+,37?/m0/s1. The molecule has 1 aliphatic rings. The van der Waals surface area contributed by atoms with Crippen LogP contribution in [0.15, 0.2) is 0 Å². The number of aliphatic carboxylic acids is 1. The number of aliphatic hydroxyl groups is 2. The van der Waals surface area contributed by atoms with Gasteiger partial charge in [0.25, 0.3) is 0 Å². The number of nitrogens with one attached hydrogen (secondary N) is 3. The number of nitrogens with two attached hydrogens (primary N) is 1. The highest BCUT2D eigenvalue weighted by Gasteiger charge is 2.47. The molecule has 1 rings (SSSR count). The van der Waals surface area contributed by atoms with E-state index in [0.29, 0.717) is 6.42 Å². The summed E-state index contributed by atoms with van der Waals surface area (Å²) in [6.07, 6.45) is 10.4. The first-order valence-corrected chi connectivity index (χ1v) is 19.4. The molecule has 16 nitrogen and oxygen atoms in total. The van der Waals surface area contributed by atoms with E-state index in [1.165, 1.54) is 91.4 Å². The van der Waals surface area contributed by atoms with Gasteiger partial charge in [-0.25, -0.2) is 4.79 Å². The highest BCUT2D eigenvalue weighted by Crippen LogP contribution is 2.25. The predicted octanol–water partition coefficient (Wildman–Crippen LogP) is 2.49. The number of carboxylic acid groups (broad SMARTS) is 1. The summed E-state index contributed by atoms with van der Waals surface area (Å²) in [5.74, 6) is -4.91. The second kappa shape index (κ2) is 27.3. The summed E-state index contributed by atoms with van der Waals surface area (Å²) in [7, 11) is 0. The van der Waals surface area contributed by atoms with Gasteiger partial charge in [-0.1, -0.05) is 96.8 Å². The molecule has 1 heterocycles. The van der Waals surface area contributed by atoms with Crippen LogP contribution in [0.1, 0.15) is 143 Å². The third-order valence-electron chi connectivity index (χ3n) is 9.23. The average Bonchev–Trinajstić information content (AvgIpc) is 3.09. The normalized spacial score (nSPS) is 21.5. The van der Waals surface area contributed by atoms with Crippen LogP contribution in [0, 0.1) is 0 Å². The summed E-state index contributed by atoms with van der Waals surface area (Å²) in [5.41, 5.74) is 5.06. The average molecular weight is 759 g/mol. The van der Waals surface area contributed by atoms with Crippen molar-refractivity contribution in [1.82, 2.24) is 16.0 Å². The molecular formula is C37H66N4O12. The van der Waals surface area contributed by atoms with Crippen molar-refractivity contribution in [2.45, 2.75) is 192 Å². The lowest BCUT2D eigenvalue weighted by molar-refractivity contribution is -0.267. The highest BCUT2D eigenvalue weighted by molar-refractivity contribution is 5.91. The zero-order valence-corrected chi connectivity index (χ0v) is 32.1. The van der Waals surface area contributed by atoms with Crippen LogP contribution >= 0.6 is 0 Å². The molecule has 16 heteroatoms. The third-order valence-corrected chi connectivity index (χ3v) is 9.23. The van der Waals surface area contributed by atoms with Gasteiger partial charge in [-0.2, -0.15) is 0 Å². The summed E-state index contributed by atoms with van der Waals surface area (Å²) < 4.78 is 16.6. The quantitative estimate of drug-likeness (QED) is 0.0429. The molecule has 0 aliphatic carbocycles. The van der Waals surface area contributed by atoms with E-state index in [1.54, 1.807) is 0 Å². The van der Waals surface area contributed by atoms with Gasteiger partial charge in [0.1, 0.15) is 49.1 Å². The first kappa shape index (κ1) is 47.7. The SMILES string of the molecule is CCCCCCCCCCCCCCCCCC(=O)OC[C@H]1OC(O)[C@H](NC(C)=O)[C@@H](O[C@H](C)C(=O)N[C@@H](C)C(=O)N[C@H](CCC(N)=O)C(=O)O)[C@@H]1O. The number of carbonyl (C=O) groups excluding carboxylic acids is 5. The van der Waals surface area contributed by atoms with Crippen LogP contribution in [0.25, 0.3) is 0 Å². The molecule has 0 bridgehead atoms.